The summed E-state index contributed by atoms with van der Waals surface area (Å²) in [6.45, 7) is 11.5. The van der Waals surface area contributed by atoms with Crippen molar-refractivity contribution in [2.45, 2.75) is 45.8 Å². The average Bonchev–Trinajstić information content (AvgIpc) is 2.24. The molecule has 0 saturated carbocycles. The fraction of sp³-hybridized carbons (Fsp3) is 0.929. The Morgan fingerprint density at radius 2 is 2.05 bits per heavy atom. The van der Waals surface area contributed by atoms with E-state index >= 15 is 0 Å². The van der Waals surface area contributed by atoms with E-state index in [9.17, 15) is 4.79 Å². The van der Waals surface area contributed by atoms with E-state index in [4.69, 9.17) is 4.74 Å². The molecule has 0 aromatic rings. The van der Waals surface area contributed by atoms with E-state index in [1.54, 1.807) is 0 Å². The smallest absolute Gasteiger partial charge is 0.407 e. The van der Waals surface area contributed by atoms with Gasteiger partial charge >= 0.3 is 6.09 Å². The van der Waals surface area contributed by atoms with Crippen molar-refractivity contribution in [3.8, 4) is 0 Å². The number of ether oxygens (including phenoxy) is 1. The highest BCUT2D eigenvalue weighted by molar-refractivity contribution is 5.67. The molecule has 19 heavy (non-hydrogen) atoms. The summed E-state index contributed by atoms with van der Waals surface area (Å²) in [5.74, 6) is 0.653. The van der Waals surface area contributed by atoms with Crippen LogP contribution in [0.15, 0.2) is 0 Å². The maximum Gasteiger partial charge on any atom is 0.407 e. The Hall–Kier alpha value is -0.810. The van der Waals surface area contributed by atoms with Crippen LogP contribution in [0.5, 0.6) is 0 Å². The summed E-state index contributed by atoms with van der Waals surface area (Å²) in [5, 5.41) is 6.28. The lowest BCUT2D eigenvalue weighted by Crippen LogP contribution is -2.48. The number of rotatable bonds is 4. The van der Waals surface area contributed by atoms with Crippen LogP contribution < -0.4 is 10.6 Å². The molecule has 2 unspecified atom stereocenters. The first-order valence-corrected chi connectivity index (χ1v) is 7.17. The molecule has 1 fully saturated rings. The van der Waals surface area contributed by atoms with Crippen molar-refractivity contribution in [1.82, 2.24) is 15.5 Å². The number of amides is 1. The van der Waals surface area contributed by atoms with Crippen LogP contribution in [-0.2, 0) is 4.74 Å². The normalized spacial score (nSPS) is 25.1. The second-order valence-electron chi connectivity index (χ2n) is 6.52. The number of hydrogen-bond acceptors (Lipinski definition) is 4. The highest BCUT2D eigenvalue weighted by Gasteiger charge is 2.23. The molecule has 1 aliphatic heterocycles. The van der Waals surface area contributed by atoms with Crippen LogP contribution >= 0.6 is 0 Å². The monoisotopic (exact) mass is 271 g/mol. The maximum atomic E-state index is 11.4. The Kier molecular flexibility index (Phi) is 6.07. The van der Waals surface area contributed by atoms with Crippen molar-refractivity contribution in [3.05, 3.63) is 0 Å². The minimum atomic E-state index is -0.431. The van der Waals surface area contributed by atoms with Crippen LogP contribution in [-0.4, -0.2) is 55.9 Å². The van der Waals surface area contributed by atoms with Crippen molar-refractivity contribution < 1.29 is 9.53 Å². The second kappa shape index (κ2) is 7.10. The third-order valence-corrected chi connectivity index (χ3v) is 3.31. The number of likely N-dealkylation sites (tertiary alicyclic amines) is 1. The van der Waals surface area contributed by atoms with Crippen LogP contribution in [0.2, 0.25) is 0 Å². The largest absolute Gasteiger partial charge is 0.444 e. The summed E-state index contributed by atoms with van der Waals surface area (Å²) in [5.41, 5.74) is -0.431. The predicted octanol–water partition coefficient (Wildman–Crippen LogP) is 1.44. The minimum absolute atomic E-state index is 0.342. The van der Waals surface area contributed by atoms with Gasteiger partial charge < -0.3 is 20.3 Å². The van der Waals surface area contributed by atoms with E-state index in [1.165, 1.54) is 6.42 Å². The number of carbonyl (C=O) groups excluding carboxylic acids is 1. The zero-order valence-electron chi connectivity index (χ0n) is 13.0. The summed E-state index contributed by atoms with van der Waals surface area (Å²) in [6.07, 6.45) is 0.829. The van der Waals surface area contributed by atoms with Gasteiger partial charge in [-0.1, -0.05) is 6.92 Å². The molecule has 5 nitrogen and oxygen atoms in total. The van der Waals surface area contributed by atoms with E-state index in [-0.39, 0.29) is 6.09 Å². The SMILES string of the molecule is CC1CN(C)CCC1NCCNC(=O)OC(C)(C)C. The predicted molar refractivity (Wildman–Crippen MR) is 77.3 cm³/mol. The number of hydrogen-bond donors (Lipinski definition) is 2. The topological polar surface area (TPSA) is 53.6 Å². The van der Waals surface area contributed by atoms with Gasteiger partial charge in [0.1, 0.15) is 5.60 Å². The van der Waals surface area contributed by atoms with Crippen LogP contribution in [0, 0.1) is 5.92 Å². The molecule has 2 atom stereocenters. The number of nitrogens with zero attached hydrogens (tertiary/aromatic N) is 1. The van der Waals surface area contributed by atoms with Crippen molar-refractivity contribution in [2.75, 3.05) is 33.2 Å². The van der Waals surface area contributed by atoms with Gasteiger partial charge in [0.25, 0.3) is 0 Å². The number of piperidine rings is 1. The summed E-state index contributed by atoms with van der Waals surface area (Å²) >= 11 is 0. The van der Waals surface area contributed by atoms with E-state index in [1.807, 2.05) is 20.8 Å². The lowest BCUT2D eigenvalue weighted by Gasteiger charge is -2.35. The van der Waals surface area contributed by atoms with Gasteiger partial charge in [-0.2, -0.15) is 0 Å². The van der Waals surface area contributed by atoms with Gasteiger partial charge in [-0.3, -0.25) is 0 Å². The van der Waals surface area contributed by atoms with Crippen molar-refractivity contribution in [2.24, 2.45) is 5.92 Å². The summed E-state index contributed by atoms with van der Waals surface area (Å²) in [4.78, 5) is 13.8. The van der Waals surface area contributed by atoms with Crippen molar-refractivity contribution in [1.29, 1.82) is 0 Å². The number of alkyl carbamates (subject to hydrolysis) is 1. The van der Waals surface area contributed by atoms with Crippen LogP contribution in [0.25, 0.3) is 0 Å². The third kappa shape index (κ3) is 6.78. The molecule has 0 aromatic carbocycles. The standard InChI is InChI=1S/C14H29N3O2/c1-11-10-17(5)9-6-12(11)15-7-8-16-13(18)19-14(2,3)4/h11-12,15H,6-10H2,1-5H3,(H,16,18). The molecule has 0 spiro atoms. The average molecular weight is 271 g/mol. The Bertz CT molecular complexity index is 289. The Morgan fingerprint density at radius 1 is 1.37 bits per heavy atom. The highest BCUT2D eigenvalue weighted by Crippen LogP contribution is 2.14. The molecule has 0 radical (unpaired) electrons. The van der Waals surface area contributed by atoms with Gasteiger partial charge in [0.2, 0.25) is 0 Å². The zero-order chi connectivity index (χ0) is 14.5. The van der Waals surface area contributed by atoms with Gasteiger partial charge in [0.05, 0.1) is 0 Å². The zero-order valence-corrected chi connectivity index (χ0v) is 13.0. The molecule has 0 bridgehead atoms. The summed E-state index contributed by atoms with van der Waals surface area (Å²) < 4.78 is 5.18. The maximum absolute atomic E-state index is 11.4. The van der Waals surface area contributed by atoms with E-state index in [2.05, 4.69) is 29.5 Å². The molecule has 112 valence electrons. The summed E-state index contributed by atoms with van der Waals surface area (Å²) in [7, 11) is 2.16. The molecule has 2 N–H and O–H groups in total. The van der Waals surface area contributed by atoms with E-state index in [0.717, 1.165) is 19.6 Å². The molecule has 1 saturated heterocycles. The molecular weight excluding hydrogens is 242 g/mol. The molecular formula is C14H29N3O2. The van der Waals surface area contributed by atoms with E-state index in [0.29, 0.717) is 18.5 Å². The van der Waals surface area contributed by atoms with Gasteiger partial charge in [-0.25, -0.2) is 4.79 Å². The van der Waals surface area contributed by atoms with Gasteiger partial charge in [-0.05, 0) is 46.7 Å². The first kappa shape index (κ1) is 16.2. The quantitative estimate of drug-likeness (QED) is 0.760. The summed E-state index contributed by atoms with van der Waals surface area (Å²) in [6, 6.07) is 0.552. The number of nitrogens with one attached hydrogen (secondary N) is 2. The van der Waals surface area contributed by atoms with Crippen LogP contribution in [0.4, 0.5) is 4.79 Å². The fourth-order valence-electron chi connectivity index (χ4n) is 2.39. The fourth-order valence-corrected chi connectivity index (χ4v) is 2.39. The highest BCUT2D eigenvalue weighted by atomic mass is 16.6. The molecule has 1 rings (SSSR count). The number of carbonyl (C=O) groups is 1. The second-order valence-corrected chi connectivity index (χ2v) is 6.52. The first-order valence-electron chi connectivity index (χ1n) is 7.17. The lowest BCUT2D eigenvalue weighted by molar-refractivity contribution is 0.0527. The van der Waals surface area contributed by atoms with Gasteiger partial charge in [-0.15, -0.1) is 0 Å². The Balaban J connectivity index is 2.12. The van der Waals surface area contributed by atoms with E-state index < -0.39 is 5.60 Å². The molecule has 0 aromatic heterocycles. The molecule has 1 amide bonds. The van der Waals surface area contributed by atoms with Crippen molar-refractivity contribution >= 4 is 6.09 Å². The Labute approximate surface area is 117 Å². The van der Waals surface area contributed by atoms with Gasteiger partial charge in [0, 0.05) is 25.7 Å². The van der Waals surface area contributed by atoms with Crippen molar-refractivity contribution in [3.63, 3.8) is 0 Å². The molecule has 1 aliphatic rings. The Morgan fingerprint density at radius 3 is 2.63 bits per heavy atom. The molecule has 5 heteroatoms. The lowest BCUT2D eigenvalue weighted by atomic mass is 9.94. The minimum Gasteiger partial charge on any atom is -0.444 e. The molecule has 0 aliphatic carbocycles. The van der Waals surface area contributed by atoms with Crippen LogP contribution in [0.3, 0.4) is 0 Å². The first-order chi connectivity index (χ1) is 8.78. The van der Waals surface area contributed by atoms with Gasteiger partial charge in [0.15, 0.2) is 0 Å². The third-order valence-electron chi connectivity index (χ3n) is 3.31. The van der Waals surface area contributed by atoms with Crippen LogP contribution in [0.1, 0.15) is 34.1 Å². The molecule has 1 heterocycles.